The van der Waals surface area contributed by atoms with Crippen molar-refractivity contribution in [2.24, 2.45) is 0 Å². The number of carbonyl (C=O) groups excluding carboxylic acids is 1. The van der Waals surface area contributed by atoms with E-state index in [-0.39, 0.29) is 6.03 Å². The number of benzene rings is 2. The van der Waals surface area contributed by atoms with Crippen molar-refractivity contribution in [3.8, 4) is 11.1 Å². The van der Waals surface area contributed by atoms with Crippen LogP contribution >= 0.6 is 0 Å². The summed E-state index contributed by atoms with van der Waals surface area (Å²) >= 11 is 0. The Balaban J connectivity index is 1.39. The molecule has 0 saturated carbocycles. The monoisotopic (exact) mass is 357 g/mol. The molecule has 0 aliphatic carbocycles. The van der Waals surface area contributed by atoms with Gasteiger partial charge in [-0.2, -0.15) is 0 Å². The molecule has 4 rings (SSSR count). The molecule has 0 bridgehead atoms. The molecule has 0 saturated heterocycles. The fourth-order valence-corrected chi connectivity index (χ4v) is 2.98. The van der Waals surface area contributed by atoms with Gasteiger partial charge >= 0.3 is 6.03 Å². The summed E-state index contributed by atoms with van der Waals surface area (Å²) in [6, 6.07) is 21.3. The summed E-state index contributed by atoms with van der Waals surface area (Å²) in [6.07, 6.45) is 3.48. The van der Waals surface area contributed by atoms with Gasteiger partial charge in [0, 0.05) is 24.8 Å². The molecule has 0 atom stereocenters. The van der Waals surface area contributed by atoms with Crippen molar-refractivity contribution >= 4 is 22.9 Å². The zero-order valence-corrected chi connectivity index (χ0v) is 14.7. The maximum atomic E-state index is 12.3. The largest absolute Gasteiger partial charge is 0.336 e. The number of para-hydroxylation sites is 1. The maximum Gasteiger partial charge on any atom is 0.319 e. The van der Waals surface area contributed by atoms with Gasteiger partial charge in [-0.15, -0.1) is 0 Å². The number of carbonyl (C=O) groups is 1. The molecule has 4 aromatic rings. The van der Waals surface area contributed by atoms with Crippen LogP contribution in [0.5, 0.6) is 0 Å². The van der Waals surface area contributed by atoms with Crippen LogP contribution in [-0.4, -0.2) is 27.1 Å². The minimum absolute atomic E-state index is 0.240. The number of amides is 2. The molecule has 2 amide bonds. The lowest BCUT2D eigenvalue weighted by Crippen LogP contribution is -2.31. The van der Waals surface area contributed by atoms with Crippen molar-refractivity contribution in [3.05, 3.63) is 79.3 Å². The Hall–Kier alpha value is -3.67. The Morgan fingerprint density at radius 2 is 1.74 bits per heavy atom. The highest BCUT2D eigenvalue weighted by Crippen LogP contribution is 2.27. The summed E-state index contributed by atoms with van der Waals surface area (Å²) in [4.78, 5) is 21.0. The number of nitrogens with one attached hydrogen (secondary N) is 2. The molecule has 0 aliphatic rings. The predicted octanol–water partition coefficient (Wildman–Crippen LogP) is 3.92. The Kier molecular flexibility index (Phi) is 4.78. The molecule has 0 spiro atoms. The number of aromatic nitrogens is 3. The SMILES string of the molecule is O=C(NCCn1cnc2cccnc21)Nc1ccccc1-c1ccccc1. The minimum Gasteiger partial charge on any atom is -0.336 e. The highest BCUT2D eigenvalue weighted by Gasteiger charge is 2.08. The first kappa shape index (κ1) is 16.8. The van der Waals surface area contributed by atoms with Gasteiger partial charge in [-0.1, -0.05) is 48.5 Å². The van der Waals surface area contributed by atoms with E-state index in [9.17, 15) is 4.79 Å². The van der Waals surface area contributed by atoms with Gasteiger partial charge in [0.2, 0.25) is 0 Å². The summed E-state index contributed by atoms with van der Waals surface area (Å²) in [5.41, 5.74) is 4.48. The van der Waals surface area contributed by atoms with E-state index in [4.69, 9.17) is 0 Å². The minimum atomic E-state index is -0.240. The zero-order chi connectivity index (χ0) is 18.5. The van der Waals surface area contributed by atoms with Crippen LogP contribution in [-0.2, 0) is 6.54 Å². The molecule has 0 unspecified atom stereocenters. The molecule has 134 valence electrons. The summed E-state index contributed by atoms with van der Waals surface area (Å²) in [5, 5.41) is 5.82. The fraction of sp³-hybridized carbons (Fsp3) is 0.0952. The van der Waals surface area contributed by atoms with Gasteiger partial charge in [0.25, 0.3) is 0 Å². The van der Waals surface area contributed by atoms with Crippen LogP contribution in [0.2, 0.25) is 0 Å². The molecule has 27 heavy (non-hydrogen) atoms. The molecule has 0 fully saturated rings. The quantitative estimate of drug-likeness (QED) is 0.569. The summed E-state index contributed by atoms with van der Waals surface area (Å²) < 4.78 is 1.92. The van der Waals surface area contributed by atoms with Crippen LogP contribution < -0.4 is 10.6 Å². The van der Waals surface area contributed by atoms with Gasteiger partial charge in [-0.05, 0) is 23.8 Å². The number of hydrogen-bond donors (Lipinski definition) is 2. The highest BCUT2D eigenvalue weighted by atomic mass is 16.2. The van der Waals surface area contributed by atoms with Crippen LogP contribution in [0.25, 0.3) is 22.3 Å². The molecule has 2 N–H and O–H groups in total. The molecule has 0 aliphatic heterocycles. The Labute approximate surface area is 156 Å². The third-order valence-corrected chi connectivity index (χ3v) is 4.27. The first-order valence-electron chi connectivity index (χ1n) is 8.76. The normalized spacial score (nSPS) is 10.7. The number of rotatable bonds is 5. The third-order valence-electron chi connectivity index (χ3n) is 4.27. The number of urea groups is 1. The van der Waals surface area contributed by atoms with Gasteiger partial charge < -0.3 is 15.2 Å². The lowest BCUT2D eigenvalue weighted by Gasteiger charge is -2.12. The summed E-state index contributed by atoms with van der Waals surface area (Å²) in [7, 11) is 0. The molecular weight excluding hydrogens is 338 g/mol. The molecule has 2 aromatic carbocycles. The molecule has 6 heteroatoms. The smallest absolute Gasteiger partial charge is 0.319 e. The molecule has 0 radical (unpaired) electrons. The Morgan fingerprint density at radius 3 is 2.63 bits per heavy atom. The zero-order valence-electron chi connectivity index (χ0n) is 14.7. The number of hydrogen-bond acceptors (Lipinski definition) is 3. The molecular formula is C21H19N5O. The van der Waals surface area contributed by atoms with E-state index in [2.05, 4.69) is 20.6 Å². The van der Waals surface area contributed by atoms with E-state index in [1.54, 1.807) is 12.5 Å². The predicted molar refractivity (Wildman–Crippen MR) is 106 cm³/mol. The molecule has 2 heterocycles. The van der Waals surface area contributed by atoms with E-state index >= 15 is 0 Å². The maximum absolute atomic E-state index is 12.3. The van der Waals surface area contributed by atoms with Gasteiger partial charge in [-0.25, -0.2) is 14.8 Å². The van der Waals surface area contributed by atoms with Gasteiger partial charge in [0.15, 0.2) is 5.65 Å². The first-order chi connectivity index (χ1) is 13.3. The second-order valence-electron chi connectivity index (χ2n) is 6.08. The molecule has 2 aromatic heterocycles. The van der Waals surface area contributed by atoms with Crippen molar-refractivity contribution in [2.75, 3.05) is 11.9 Å². The topological polar surface area (TPSA) is 71.8 Å². The second-order valence-corrected chi connectivity index (χ2v) is 6.08. The Morgan fingerprint density at radius 1 is 0.926 bits per heavy atom. The summed E-state index contributed by atoms with van der Waals surface area (Å²) in [5.74, 6) is 0. The van der Waals surface area contributed by atoms with Crippen LogP contribution in [0.3, 0.4) is 0 Å². The second kappa shape index (κ2) is 7.70. The average Bonchev–Trinajstić information content (AvgIpc) is 3.12. The van der Waals surface area contributed by atoms with Crippen LogP contribution in [0.1, 0.15) is 0 Å². The van der Waals surface area contributed by atoms with Gasteiger partial charge in [-0.3, -0.25) is 0 Å². The number of nitrogens with zero attached hydrogens (tertiary/aromatic N) is 3. The number of anilines is 1. The molecule has 6 nitrogen and oxygen atoms in total. The average molecular weight is 357 g/mol. The highest BCUT2D eigenvalue weighted by molar-refractivity contribution is 5.94. The lowest BCUT2D eigenvalue weighted by atomic mass is 10.0. The standard InChI is InChI=1S/C21H19N5O/c27-21(23-13-14-26-15-24-19-11-6-12-22-20(19)26)25-18-10-5-4-9-17(18)16-7-2-1-3-8-16/h1-12,15H,13-14H2,(H2,23,25,27). The van der Waals surface area contributed by atoms with Gasteiger partial charge in [0.05, 0.1) is 12.0 Å². The Bertz CT molecular complexity index is 1060. The van der Waals surface area contributed by atoms with Gasteiger partial charge in [0.1, 0.15) is 5.52 Å². The van der Waals surface area contributed by atoms with Crippen molar-refractivity contribution < 1.29 is 4.79 Å². The van der Waals surface area contributed by atoms with Crippen molar-refractivity contribution in [1.29, 1.82) is 0 Å². The van der Waals surface area contributed by atoms with E-state index < -0.39 is 0 Å². The van der Waals surface area contributed by atoms with Crippen LogP contribution in [0.15, 0.2) is 79.3 Å². The van der Waals surface area contributed by atoms with E-state index in [0.29, 0.717) is 13.1 Å². The van der Waals surface area contributed by atoms with Crippen molar-refractivity contribution in [1.82, 2.24) is 19.9 Å². The van der Waals surface area contributed by atoms with Crippen LogP contribution in [0.4, 0.5) is 10.5 Å². The number of fused-ring (bicyclic) bond motifs is 1. The van der Waals surface area contributed by atoms with E-state index in [1.165, 1.54) is 0 Å². The summed E-state index contributed by atoms with van der Waals surface area (Å²) in [6.45, 7) is 1.07. The van der Waals surface area contributed by atoms with E-state index in [0.717, 1.165) is 28.0 Å². The fourth-order valence-electron chi connectivity index (χ4n) is 2.98. The van der Waals surface area contributed by atoms with Crippen molar-refractivity contribution in [2.45, 2.75) is 6.54 Å². The van der Waals surface area contributed by atoms with E-state index in [1.807, 2.05) is 71.3 Å². The number of pyridine rings is 1. The number of imidazole rings is 1. The first-order valence-corrected chi connectivity index (χ1v) is 8.76. The third kappa shape index (κ3) is 3.79. The van der Waals surface area contributed by atoms with Crippen LogP contribution in [0, 0.1) is 0 Å². The van der Waals surface area contributed by atoms with Crippen molar-refractivity contribution in [3.63, 3.8) is 0 Å². The lowest BCUT2D eigenvalue weighted by molar-refractivity contribution is 0.251.